The van der Waals surface area contributed by atoms with Crippen LogP contribution in [0.4, 0.5) is 0 Å². The Bertz CT molecular complexity index is 409. The van der Waals surface area contributed by atoms with Gasteiger partial charge in [-0.25, -0.2) is 0 Å². The van der Waals surface area contributed by atoms with Crippen molar-refractivity contribution in [1.82, 2.24) is 15.3 Å². The predicted octanol–water partition coefficient (Wildman–Crippen LogP) is 1.56. The third-order valence-electron chi connectivity index (χ3n) is 2.77. The van der Waals surface area contributed by atoms with Crippen LogP contribution in [-0.2, 0) is 15.1 Å². The number of aryl methyl sites for hydroxylation is 1. The number of esters is 1. The molecule has 1 N–H and O–H groups in total. The largest absolute Gasteiger partial charge is 0.466 e. The third-order valence-corrected chi connectivity index (χ3v) is 2.77. The molecule has 1 aromatic heterocycles. The molecule has 0 saturated carbocycles. The second kappa shape index (κ2) is 6.44. The molecule has 1 aromatic rings. The molecule has 5 nitrogen and oxygen atoms in total. The molecule has 5 heteroatoms. The number of ether oxygens (including phenoxy) is 1. The number of rotatable bonds is 6. The lowest BCUT2D eigenvalue weighted by molar-refractivity contribution is -0.144. The van der Waals surface area contributed by atoms with Gasteiger partial charge in [-0.05, 0) is 27.3 Å². The highest BCUT2D eigenvalue weighted by molar-refractivity contribution is 5.71. The Balaban J connectivity index is 2.99. The summed E-state index contributed by atoms with van der Waals surface area (Å²) in [5, 5.41) is 3.30. The van der Waals surface area contributed by atoms with E-state index < -0.39 is 5.54 Å². The fourth-order valence-electron chi connectivity index (χ4n) is 2.07. The fraction of sp³-hybridized carbons (Fsp3) is 0.615. The summed E-state index contributed by atoms with van der Waals surface area (Å²) in [6, 6.07) is 0. The zero-order chi connectivity index (χ0) is 13.6. The van der Waals surface area contributed by atoms with Gasteiger partial charge in [-0.2, -0.15) is 0 Å². The fourth-order valence-corrected chi connectivity index (χ4v) is 2.07. The Hall–Kier alpha value is -1.49. The molecule has 0 aliphatic heterocycles. The van der Waals surface area contributed by atoms with Gasteiger partial charge < -0.3 is 10.1 Å². The normalized spacial score (nSPS) is 14.0. The predicted molar refractivity (Wildman–Crippen MR) is 69.0 cm³/mol. The minimum Gasteiger partial charge on any atom is -0.466 e. The Morgan fingerprint density at radius 3 is 2.61 bits per heavy atom. The van der Waals surface area contributed by atoms with E-state index in [4.69, 9.17) is 4.74 Å². The van der Waals surface area contributed by atoms with Crippen LogP contribution in [0.2, 0.25) is 0 Å². The van der Waals surface area contributed by atoms with E-state index in [1.165, 1.54) is 0 Å². The molecule has 0 radical (unpaired) electrons. The van der Waals surface area contributed by atoms with Crippen LogP contribution in [0.5, 0.6) is 0 Å². The van der Waals surface area contributed by atoms with E-state index in [9.17, 15) is 4.79 Å². The first kappa shape index (κ1) is 14.6. The molecular weight excluding hydrogens is 230 g/mol. The van der Waals surface area contributed by atoms with Gasteiger partial charge in [0.05, 0.1) is 30.0 Å². The third kappa shape index (κ3) is 3.50. The monoisotopic (exact) mass is 251 g/mol. The molecule has 18 heavy (non-hydrogen) atoms. The summed E-state index contributed by atoms with van der Waals surface area (Å²) in [4.78, 5) is 20.3. The van der Waals surface area contributed by atoms with E-state index in [2.05, 4.69) is 15.3 Å². The van der Waals surface area contributed by atoms with Gasteiger partial charge in [-0.15, -0.1) is 0 Å². The maximum atomic E-state index is 11.7. The first-order valence-electron chi connectivity index (χ1n) is 6.22. The summed E-state index contributed by atoms with van der Waals surface area (Å²) in [5.41, 5.74) is 1.07. The molecule has 1 heterocycles. The molecule has 0 aromatic carbocycles. The van der Waals surface area contributed by atoms with E-state index in [0.29, 0.717) is 6.61 Å². The highest BCUT2D eigenvalue weighted by atomic mass is 16.5. The molecule has 1 rings (SSSR count). The van der Waals surface area contributed by atoms with Crippen LogP contribution >= 0.6 is 0 Å². The van der Waals surface area contributed by atoms with Crippen LogP contribution in [-0.4, -0.2) is 29.1 Å². The molecule has 0 amide bonds. The standard InChI is InChI=1S/C13H21N3O2/c1-5-16-13(4,9-11(17)18-6-2)12-10(3)14-7-8-15-12/h7-8,16H,5-6,9H2,1-4H3. The van der Waals surface area contributed by atoms with E-state index in [1.54, 1.807) is 19.3 Å². The van der Waals surface area contributed by atoms with Crippen molar-refractivity contribution in [3.05, 3.63) is 23.8 Å². The van der Waals surface area contributed by atoms with Gasteiger partial charge in [0.15, 0.2) is 0 Å². The SMILES string of the molecule is CCNC(C)(CC(=O)OCC)c1nccnc1C. The number of carbonyl (C=O) groups excluding carboxylic acids is 1. The van der Waals surface area contributed by atoms with Crippen molar-refractivity contribution < 1.29 is 9.53 Å². The second-order valence-electron chi connectivity index (χ2n) is 4.33. The zero-order valence-corrected chi connectivity index (χ0v) is 11.5. The molecule has 0 spiro atoms. The summed E-state index contributed by atoms with van der Waals surface area (Å²) in [6.45, 7) is 8.77. The Labute approximate surface area is 108 Å². The van der Waals surface area contributed by atoms with Gasteiger partial charge in [0.1, 0.15) is 0 Å². The lowest BCUT2D eigenvalue weighted by Crippen LogP contribution is -2.43. The minimum atomic E-state index is -0.542. The summed E-state index contributed by atoms with van der Waals surface area (Å²) in [7, 11) is 0. The van der Waals surface area contributed by atoms with E-state index in [-0.39, 0.29) is 12.4 Å². The topological polar surface area (TPSA) is 64.1 Å². The van der Waals surface area contributed by atoms with Crippen molar-refractivity contribution >= 4 is 5.97 Å². The van der Waals surface area contributed by atoms with Gasteiger partial charge >= 0.3 is 5.97 Å². The molecule has 0 bridgehead atoms. The van der Waals surface area contributed by atoms with E-state index >= 15 is 0 Å². The number of carbonyl (C=O) groups is 1. The van der Waals surface area contributed by atoms with Gasteiger partial charge in [-0.3, -0.25) is 14.8 Å². The van der Waals surface area contributed by atoms with Crippen molar-refractivity contribution in [2.75, 3.05) is 13.2 Å². The number of hydrogen-bond donors (Lipinski definition) is 1. The van der Waals surface area contributed by atoms with Gasteiger partial charge in [0.25, 0.3) is 0 Å². The van der Waals surface area contributed by atoms with E-state index in [0.717, 1.165) is 17.9 Å². The minimum absolute atomic E-state index is 0.231. The highest BCUT2D eigenvalue weighted by Gasteiger charge is 2.32. The summed E-state index contributed by atoms with van der Waals surface area (Å²) in [6.07, 6.45) is 3.53. The number of hydrogen-bond acceptors (Lipinski definition) is 5. The van der Waals surface area contributed by atoms with Crippen molar-refractivity contribution in [2.24, 2.45) is 0 Å². The van der Waals surface area contributed by atoms with Crippen LogP contribution in [0.15, 0.2) is 12.4 Å². The quantitative estimate of drug-likeness (QED) is 0.777. The molecule has 100 valence electrons. The van der Waals surface area contributed by atoms with Crippen molar-refractivity contribution in [3.63, 3.8) is 0 Å². The smallest absolute Gasteiger partial charge is 0.308 e. The average Bonchev–Trinajstić information content (AvgIpc) is 2.29. The summed E-state index contributed by atoms with van der Waals surface area (Å²) >= 11 is 0. The first-order valence-corrected chi connectivity index (χ1v) is 6.22. The zero-order valence-electron chi connectivity index (χ0n) is 11.5. The number of aromatic nitrogens is 2. The van der Waals surface area contributed by atoms with Crippen LogP contribution in [0.1, 0.15) is 38.6 Å². The van der Waals surface area contributed by atoms with E-state index in [1.807, 2.05) is 20.8 Å². The Morgan fingerprint density at radius 2 is 2.06 bits per heavy atom. The van der Waals surface area contributed by atoms with Crippen molar-refractivity contribution in [3.8, 4) is 0 Å². The van der Waals surface area contributed by atoms with Gasteiger partial charge in [0, 0.05) is 12.4 Å². The highest BCUT2D eigenvalue weighted by Crippen LogP contribution is 2.25. The maximum absolute atomic E-state index is 11.7. The Morgan fingerprint density at radius 1 is 1.39 bits per heavy atom. The van der Waals surface area contributed by atoms with Crippen LogP contribution in [0.25, 0.3) is 0 Å². The average molecular weight is 251 g/mol. The van der Waals surface area contributed by atoms with Crippen molar-refractivity contribution in [1.29, 1.82) is 0 Å². The summed E-state index contributed by atoms with van der Waals surface area (Å²) in [5.74, 6) is -0.231. The maximum Gasteiger partial charge on any atom is 0.308 e. The van der Waals surface area contributed by atoms with Crippen LogP contribution in [0, 0.1) is 6.92 Å². The van der Waals surface area contributed by atoms with Crippen LogP contribution in [0.3, 0.4) is 0 Å². The van der Waals surface area contributed by atoms with Crippen molar-refractivity contribution in [2.45, 2.75) is 39.7 Å². The van der Waals surface area contributed by atoms with Crippen LogP contribution < -0.4 is 5.32 Å². The molecular formula is C13H21N3O2. The van der Waals surface area contributed by atoms with Gasteiger partial charge in [-0.1, -0.05) is 6.92 Å². The molecule has 0 aliphatic carbocycles. The second-order valence-corrected chi connectivity index (χ2v) is 4.33. The number of nitrogens with one attached hydrogen (secondary N) is 1. The molecule has 1 atom stereocenters. The molecule has 0 fully saturated rings. The van der Waals surface area contributed by atoms with Gasteiger partial charge in [0.2, 0.25) is 0 Å². The lowest BCUT2D eigenvalue weighted by Gasteiger charge is -2.29. The lowest BCUT2D eigenvalue weighted by atomic mass is 9.91. The summed E-state index contributed by atoms with van der Waals surface area (Å²) < 4.78 is 5.02. The molecule has 0 saturated heterocycles. The molecule has 1 unspecified atom stereocenters. The number of nitrogens with zero attached hydrogens (tertiary/aromatic N) is 2. The molecule has 0 aliphatic rings. The Kier molecular flexibility index (Phi) is 5.22. The first-order chi connectivity index (χ1) is 8.53.